The summed E-state index contributed by atoms with van der Waals surface area (Å²) in [6, 6.07) is 5.63. The van der Waals surface area contributed by atoms with Gasteiger partial charge in [-0.25, -0.2) is 24.1 Å². The van der Waals surface area contributed by atoms with Crippen LogP contribution < -0.4 is 29.9 Å². The number of aliphatic hydroxyl groups is 1. The molecule has 2 fully saturated rings. The predicted octanol–water partition coefficient (Wildman–Crippen LogP) is 2.36. The molecule has 1 aromatic heterocycles. The van der Waals surface area contributed by atoms with Gasteiger partial charge >= 0.3 is 42.0 Å². The number of aromatic nitrogens is 3. The van der Waals surface area contributed by atoms with Crippen molar-refractivity contribution in [1.29, 1.82) is 0 Å². The number of anilines is 1. The Bertz CT molecular complexity index is 2870. The minimum atomic E-state index is -1.89. The maximum atomic E-state index is 14.5. The van der Waals surface area contributed by atoms with Crippen LogP contribution in [0.5, 0.6) is 17.2 Å². The Morgan fingerprint density at radius 2 is 1.57 bits per heavy atom. The van der Waals surface area contributed by atoms with E-state index >= 15 is 0 Å². The van der Waals surface area contributed by atoms with Gasteiger partial charge in [0.2, 0.25) is 12.4 Å². The molecule has 3 aliphatic rings. The van der Waals surface area contributed by atoms with E-state index in [1.165, 1.54) is 53.2 Å². The number of methoxy groups -OCH3 is 2. The summed E-state index contributed by atoms with van der Waals surface area (Å²) in [5, 5.41) is 31.2. The zero-order chi connectivity index (χ0) is 60.0. The van der Waals surface area contributed by atoms with Gasteiger partial charge in [0, 0.05) is 46.5 Å². The third-order valence-corrected chi connectivity index (χ3v) is 12.1. The fraction of sp³-hybridized carbons (Fsp3) is 0.519. The zero-order valence-corrected chi connectivity index (χ0v) is 46.2. The third kappa shape index (κ3) is 16.5. The van der Waals surface area contributed by atoms with E-state index in [4.69, 9.17) is 62.0 Å². The molecule has 4 heterocycles. The van der Waals surface area contributed by atoms with Crippen LogP contribution in [0.3, 0.4) is 0 Å². The molecule has 7 atom stereocenters. The largest absolute Gasteiger partial charge is 0.493 e. The van der Waals surface area contributed by atoms with Crippen molar-refractivity contribution >= 4 is 59.5 Å². The third-order valence-electron chi connectivity index (χ3n) is 12.1. The van der Waals surface area contributed by atoms with Crippen LogP contribution in [-0.2, 0) is 75.1 Å². The number of carbonyl (C=O) groups excluding carboxylic acids is 8. The number of benzene rings is 2. The molecule has 0 bridgehead atoms. The van der Waals surface area contributed by atoms with Crippen LogP contribution in [0.15, 0.2) is 48.7 Å². The molecule has 82 heavy (non-hydrogen) atoms. The Morgan fingerprint density at radius 3 is 2.23 bits per heavy atom. The molecule has 1 unspecified atom stereocenters. The average Bonchev–Trinajstić information content (AvgIpc) is 2.68. The maximum Gasteiger partial charge on any atom is 0.431 e. The number of unbranched alkanes of at least 4 members (excludes halogenated alkanes) is 1. The van der Waals surface area contributed by atoms with Gasteiger partial charge in [-0.05, 0) is 63.8 Å². The first-order chi connectivity index (χ1) is 38.9. The van der Waals surface area contributed by atoms with E-state index in [-0.39, 0.29) is 91.3 Å². The highest BCUT2D eigenvalue weighted by Crippen LogP contribution is 2.42. The molecule has 3 aliphatic heterocycles. The second-order valence-corrected chi connectivity index (χ2v) is 19.5. The molecule has 30 nitrogen and oxygen atoms in total. The Balaban J connectivity index is 1.27. The summed E-state index contributed by atoms with van der Waals surface area (Å²) in [5.74, 6) is -6.67. The van der Waals surface area contributed by atoms with Crippen LogP contribution in [0.1, 0.15) is 97.6 Å². The zero-order valence-electron chi connectivity index (χ0n) is 46.2. The predicted molar refractivity (Wildman–Crippen MR) is 275 cm³/mol. The quantitative estimate of drug-likeness (QED) is 0.0329. The molecular formula is C52H65N7O23. The lowest BCUT2D eigenvalue weighted by Crippen LogP contribution is -2.64. The van der Waals surface area contributed by atoms with Crippen molar-refractivity contribution < 1.29 is 110 Å². The molecule has 0 aliphatic carbocycles. The number of carbonyl (C=O) groups is 9. The van der Waals surface area contributed by atoms with Gasteiger partial charge in [-0.1, -0.05) is 23.4 Å². The van der Waals surface area contributed by atoms with E-state index in [0.29, 0.717) is 25.0 Å². The van der Waals surface area contributed by atoms with Crippen molar-refractivity contribution in [2.75, 3.05) is 58.6 Å². The van der Waals surface area contributed by atoms with Gasteiger partial charge in [0.1, 0.15) is 18.0 Å². The topological polar surface area (TPSA) is 366 Å². The van der Waals surface area contributed by atoms with Crippen LogP contribution >= 0.6 is 0 Å². The Labute approximate surface area is 468 Å². The number of nitrogens with zero attached hydrogens (tertiary/aromatic N) is 5. The SMILES string of the molecule is C=C1C[C@H]2C(O)N(C(=O)OCc3ccc(O[C@@H]4O[C@H](C(=O)OC)[C@@H](OC(C)=O)[C@H](OC(C)=O)[C@H]4OC(C)=O)c(C(=O)NCCOCCONC(=O)OC(C)(C)C)c3)c3cc(OCCCCn4cc(C(=O)O)nn4)c(OC)cc3C(=O)N2C1. The molecule has 4 N–H and O–H groups in total. The summed E-state index contributed by atoms with van der Waals surface area (Å²) in [4.78, 5) is 124. The second kappa shape index (κ2) is 28.2. The number of fused-ring (bicyclic) bond motifs is 2. The molecule has 6 rings (SSSR count). The Hall–Kier alpha value is -8.61. The molecule has 3 aromatic rings. The van der Waals surface area contributed by atoms with E-state index in [1.807, 2.05) is 0 Å². The first-order valence-electron chi connectivity index (χ1n) is 25.5. The molecular weight excluding hydrogens is 1090 g/mol. The number of hydroxylamine groups is 1. The molecule has 0 radical (unpaired) electrons. The number of aliphatic hydroxyl groups excluding tert-OH is 1. The van der Waals surface area contributed by atoms with E-state index in [0.717, 1.165) is 32.8 Å². The number of nitrogens with one attached hydrogen (secondary N) is 2. The molecule has 2 aromatic carbocycles. The molecule has 0 saturated carbocycles. The normalized spacial score (nSPS) is 20.2. The van der Waals surface area contributed by atoms with Crippen molar-refractivity contribution in [3.63, 3.8) is 0 Å². The number of carboxylic acid groups (broad SMARTS) is 1. The lowest BCUT2D eigenvalue weighted by Gasteiger charge is -2.43. The number of aryl methyl sites for hydroxylation is 1. The smallest absolute Gasteiger partial charge is 0.431 e. The van der Waals surface area contributed by atoms with Crippen LogP contribution in [-0.4, -0.2) is 186 Å². The molecule has 0 spiro atoms. The van der Waals surface area contributed by atoms with Gasteiger partial charge in [0.05, 0.1) is 69.7 Å². The second-order valence-electron chi connectivity index (χ2n) is 19.5. The van der Waals surface area contributed by atoms with Crippen LogP contribution in [0.25, 0.3) is 0 Å². The number of ether oxygens (including phenoxy) is 11. The van der Waals surface area contributed by atoms with Crippen LogP contribution in [0, 0.1) is 0 Å². The van der Waals surface area contributed by atoms with Crippen molar-refractivity contribution in [2.24, 2.45) is 0 Å². The number of amides is 4. The van der Waals surface area contributed by atoms with E-state index in [2.05, 4.69) is 27.7 Å². The Kier molecular flexibility index (Phi) is 21.5. The van der Waals surface area contributed by atoms with Crippen LogP contribution in [0.2, 0.25) is 0 Å². The summed E-state index contributed by atoms with van der Waals surface area (Å²) in [6.45, 7) is 11.6. The summed E-state index contributed by atoms with van der Waals surface area (Å²) < 4.78 is 62.9. The van der Waals surface area contributed by atoms with Gasteiger partial charge in [-0.15, -0.1) is 5.10 Å². The Morgan fingerprint density at radius 1 is 0.866 bits per heavy atom. The highest BCUT2D eigenvalue weighted by atomic mass is 16.7. The van der Waals surface area contributed by atoms with Gasteiger partial charge in [-0.3, -0.25) is 33.5 Å². The van der Waals surface area contributed by atoms with Crippen molar-refractivity contribution in [3.8, 4) is 17.2 Å². The lowest BCUT2D eigenvalue weighted by molar-refractivity contribution is -0.282. The van der Waals surface area contributed by atoms with Crippen molar-refractivity contribution in [2.45, 2.75) is 123 Å². The molecule has 30 heteroatoms. The van der Waals surface area contributed by atoms with Crippen molar-refractivity contribution in [1.82, 2.24) is 30.7 Å². The standard InChI is InChI=1S/C52H65N7O23/c1-27-20-36-46(65)59(35-23-39(38(71-8)22-32(35)45(64)58(36)24-27)74-16-11-10-15-57-25-34(47(66)67)54-56-57)51(70)75-26-31-12-13-37(33(21-31)44(63)53-14-17-73-18-19-76-55-50(69)82-52(5,6)7)80-49-43(79-30(4)62)41(78-29(3)61)40(77-28(2)60)42(81-49)48(68)72-9/h12-13,21-23,25,36,40-43,46,49,65H,1,10-11,14-20,24,26H2,2-9H3,(H,53,63)(H,55,69)(H,66,67)/t36-,40-,41-,42-,43+,46?,49+/m0/s1. The van der Waals surface area contributed by atoms with Gasteiger partial charge < -0.3 is 72.5 Å². The first-order valence-corrected chi connectivity index (χ1v) is 25.5. The van der Waals surface area contributed by atoms with Gasteiger partial charge in [0.15, 0.2) is 41.7 Å². The monoisotopic (exact) mass is 1160 g/mol. The number of aromatic carboxylic acids is 1. The lowest BCUT2D eigenvalue weighted by atomic mass is 9.97. The molecule has 2 saturated heterocycles. The number of carboxylic acids is 1. The van der Waals surface area contributed by atoms with Gasteiger partial charge in [0.25, 0.3) is 11.8 Å². The van der Waals surface area contributed by atoms with E-state index < -0.39 is 109 Å². The summed E-state index contributed by atoms with van der Waals surface area (Å²) in [6.07, 6.45) is -10.3. The van der Waals surface area contributed by atoms with Crippen LogP contribution in [0.4, 0.5) is 15.3 Å². The minimum Gasteiger partial charge on any atom is -0.493 e. The average molecular weight is 1160 g/mol. The van der Waals surface area contributed by atoms with Crippen molar-refractivity contribution in [3.05, 3.63) is 71.1 Å². The molecule has 446 valence electrons. The number of hydrogen-bond donors (Lipinski definition) is 4. The van der Waals surface area contributed by atoms with Gasteiger partial charge in [-0.2, -0.15) is 5.48 Å². The first kappa shape index (κ1) is 62.6. The summed E-state index contributed by atoms with van der Waals surface area (Å²) in [5.41, 5.74) is 1.46. The van der Waals surface area contributed by atoms with E-state index in [9.17, 15) is 48.3 Å². The highest BCUT2D eigenvalue weighted by Gasteiger charge is 2.56. The fourth-order valence-electron chi connectivity index (χ4n) is 8.65. The highest BCUT2D eigenvalue weighted by molar-refractivity contribution is 6.06. The van der Waals surface area contributed by atoms with E-state index in [1.54, 1.807) is 20.8 Å². The number of rotatable bonds is 24. The fourth-order valence-corrected chi connectivity index (χ4v) is 8.65. The maximum absolute atomic E-state index is 14.5. The minimum absolute atomic E-state index is 0.0402. The summed E-state index contributed by atoms with van der Waals surface area (Å²) in [7, 11) is 2.36. The number of esters is 4. The molecule has 4 amide bonds. The number of hydrogen-bond acceptors (Lipinski definition) is 24. The summed E-state index contributed by atoms with van der Waals surface area (Å²) >= 11 is 0.